The Morgan fingerprint density at radius 1 is 1.18 bits per heavy atom. The van der Waals surface area contributed by atoms with E-state index in [0.717, 1.165) is 26.2 Å². The zero-order chi connectivity index (χ0) is 12.5. The normalized spacial score (nSPS) is 19.8. The van der Waals surface area contributed by atoms with Crippen LogP contribution in [0.3, 0.4) is 0 Å². The van der Waals surface area contributed by atoms with Gasteiger partial charge in [-0.2, -0.15) is 13.2 Å². The Morgan fingerprint density at radius 2 is 1.82 bits per heavy atom. The van der Waals surface area contributed by atoms with E-state index in [1.807, 2.05) is 11.9 Å². The first kappa shape index (κ1) is 12.3. The van der Waals surface area contributed by atoms with E-state index in [9.17, 15) is 13.2 Å². The number of nitrogens with zero attached hydrogens (tertiary/aromatic N) is 4. The van der Waals surface area contributed by atoms with E-state index in [2.05, 4.69) is 19.5 Å². The molecular weight excluding hydrogens is 237 g/mol. The van der Waals surface area contributed by atoms with Gasteiger partial charge in [0.25, 0.3) is 0 Å². The molecule has 2 rings (SSSR count). The van der Waals surface area contributed by atoms with E-state index >= 15 is 0 Å². The number of alkyl halides is 3. The van der Waals surface area contributed by atoms with Gasteiger partial charge in [-0.3, -0.25) is 4.90 Å². The molecule has 8 heteroatoms. The van der Waals surface area contributed by atoms with Gasteiger partial charge in [0.1, 0.15) is 0 Å². The topological polar surface area (TPSA) is 45.4 Å². The maximum Gasteiger partial charge on any atom is 0.470 e. The second-order valence-electron chi connectivity index (χ2n) is 4.08. The molecule has 1 aliphatic rings. The first-order chi connectivity index (χ1) is 7.95. The van der Waals surface area contributed by atoms with Crippen LogP contribution in [0.5, 0.6) is 0 Å². The lowest BCUT2D eigenvalue weighted by molar-refractivity contribution is -0.157. The van der Waals surface area contributed by atoms with Crippen molar-refractivity contribution in [2.24, 2.45) is 0 Å². The smallest absolute Gasteiger partial charge is 0.416 e. The van der Waals surface area contributed by atoms with E-state index in [4.69, 9.17) is 0 Å². The molecule has 0 aliphatic carbocycles. The van der Waals surface area contributed by atoms with Gasteiger partial charge in [-0.15, -0.1) is 10.2 Å². The van der Waals surface area contributed by atoms with Gasteiger partial charge < -0.3 is 9.32 Å². The number of rotatable bonds is 2. The first-order valence-electron chi connectivity index (χ1n) is 5.25. The molecule has 0 atom stereocenters. The SMILES string of the molecule is CN1CCN(Cc2nnc(C(F)(F)F)o2)CC1. The summed E-state index contributed by atoms with van der Waals surface area (Å²) in [5.41, 5.74) is 0. The van der Waals surface area contributed by atoms with Gasteiger partial charge in [0.2, 0.25) is 5.89 Å². The number of hydrogen-bond donors (Lipinski definition) is 0. The van der Waals surface area contributed by atoms with Gasteiger partial charge in [0, 0.05) is 26.2 Å². The minimum atomic E-state index is -4.56. The van der Waals surface area contributed by atoms with Gasteiger partial charge in [-0.25, -0.2) is 0 Å². The quantitative estimate of drug-likeness (QED) is 0.778. The molecule has 1 aromatic heterocycles. The van der Waals surface area contributed by atoms with Crippen LogP contribution in [0.15, 0.2) is 4.42 Å². The molecule has 96 valence electrons. The average Bonchev–Trinajstić information content (AvgIpc) is 2.69. The van der Waals surface area contributed by atoms with E-state index in [0.29, 0.717) is 0 Å². The summed E-state index contributed by atoms with van der Waals surface area (Å²) in [6, 6.07) is 0. The third-order valence-corrected chi connectivity index (χ3v) is 2.66. The van der Waals surface area contributed by atoms with Gasteiger partial charge in [0.15, 0.2) is 0 Å². The summed E-state index contributed by atoms with van der Waals surface area (Å²) < 4.78 is 41.2. The Labute approximate surface area is 96.2 Å². The van der Waals surface area contributed by atoms with Crippen molar-refractivity contribution >= 4 is 0 Å². The van der Waals surface area contributed by atoms with Crippen LogP contribution in [0.25, 0.3) is 0 Å². The molecule has 2 heterocycles. The van der Waals surface area contributed by atoms with Crippen molar-refractivity contribution < 1.29 is 17.6 Å². The van der Waals surface area contributed by atoms with Crippen molar-refractivity contribution in [2.45, 2.75) is 12.7 Å². The van der Waals surface area contributed by atoms with E-state index in [1.165, 1.54) is 0 Å². The average molecular weight is 250 g/mol. The second-order valence-corrected chi connectivity index (χ2v) is 4.08. The Kier molecular flexibility index (Phi) is 3.34. The van der Waals surface area contributed by atoms with E-state index in [-0.39, 0.29) is 12.4 Å². The minimum absolute atomic E-state index is 0.0156. The standard InChI is InChI=1S/C9H13F3N4O/c1-15-2-4-16(5-3-15)6-7-13-14-8(17-7)9(10,11)12/h2-6H2,1H3. The molecule has 0 unspecified atom stereocenters. The van der Waals surface area contributed by atoms with Crippen molar-refractivity contribution in [3.05, 3.63) is 11.8 Å². The largest absolute Gasteiger partial charge is 0.470 e. The Morgan fingerprint density at radius 3 is 2.35 bits per heavy atom. The van der Waals surface area contributed by atoms with Gasteiger partial charge in [0.05, 0.1) is 6.54 Å². The molecule has 0 aromatic carbocycles. The predicted molar refractivity (Wildman–Crippen MR) is 52.1 cm³/mol. The molecule has 1 aromatic rings. The van der Waals surface area contributed by atoms with Gasteiger partial charge in [-0.05, 0) is 7.05 Å². The van der Waals surface area contributed by atoms with Crippen molar-refractivity contribution in [1.82, 2.24) is 20.0 Å². The van der Waals surface area contributed by atoms with E-state index in [1.54, 1.807) is 0 Å². The molecule has 17 heavy (non-hydrogen) atoms. The Hall–Kier alpha value is -1.15. The van der Waals surface area contributed by atoms with Crippen molar-refractivity contribution in [3.63, 3.8) is 0 Å². The van der Waals surface area contributed by atoms with Crippen LogP contribution in [-0.4, -0.2) is 53.2 Å². The predicted octanol–water partition coefficient (Wildman–Crippen LogP) is 0.836. The van der Waals surface area contributed by atoms with Crippen LogP contribution in [0.1, 0.15) is 11.8 Å². The fourth-order valence-corrected chi connectivity index (χ4v) is 1.63. The van der Waals surface area contributed by atoms with Crippen LogP contribution in [0.4, 0.5) is 13.2 Å². The summed E-state index contributed by atoms with van der Waals surface area (Å²) in [6.07, 6.45) is -4.56. The van der Waals surface area contributed by atoms with Gasteiger partial charge in [-0.1, -0.05) is 0 Å². The van der Waals surface area contributed by atoms with Crippen molar-refractivity contribution in [3.8, 4) is 0 Å². The molecule has 1 aliphatic heterocycles. The molecule has 1 saturated heterocycles. The number of hydrogen-bond acceptors (Lipinski definition) is 5. The summed E-state index contributed by atoms with van der Waals surface area (Å²) in [5, 5.41) is 6.39. The third-order valence-electron chi connectivity index (χ3n) is 2.66. The lowest BCUT2D eigenvalue weighted by atomic mass is 10.3. The zero-order valence-corrected chi connectivity index (χ0v) is 9.37. The fraction of sp³-hybridized carbons (Fsp3) is 0.778. The molecule has 0 spiro atoms. The van der Waals surface area contributed by atoms with Crippen molar-refractivity contribution in [2.75, 3.05) is 33.2 Å². The molecule has 0 amide bonds. The number of piperazine rings is 1. The monoisotopic (exact) mass is 250 g/mol. The summed E-state index contributed by atoms with van der Waals surface area (Å²) >= 11 is 0. The third kappa shape index (κ3) is 3.16. The maximum absolute atomic E-state index is 12.2. The zero-order valence-electron chi connectivity index (χ0n) is 9.37. The molecule has 1 fully saturated rings. The van der Waals surface area contributed by atoms with Crippen LogP contribution in [0.2, 0.25) is 0 Å². The second kappa shape index (κ2) is 4.61. The highest BCUT2D eigenvalue weighted by Gasteiger charge is 2.38. The van der Waals surface area contributed by atoms with Gasteiger partial charge >= 0.3 is 12.1 Å². The van der Waals surface area contributed by atoms with Crippen LogP contribution in [0, 0.1) is 0 Å². The van der Waals surface area contributed by atoms with Crippen LogP contribution >= 0.6 is 0 Å². The molecule has 0 N–H and O–H groups in total. The van der Waals surface area contributed by atoms with Crippen molar-refractivity contribution in [1.29, 1.82) is 0 Å². The maximum atomic E-state index is 12.2. The molecular formula is C9H13F3N4O. The van der Waals surface area contributed by atoms with Crippen LogP contribution in [-0.2, 0) is 12.7 Å². The first-order valence-corrected chi connectivity index (χ1v) is 5.25. The molecule has 0 bridgehead atoms. The number of aromatic nitrogens is 2. The fourth-order valence-electron chi connectivity index (χ4n) is 1.63. The summed E-state index contributed by atoms with van der Waals surface area (Å²) in [5.74, 6) is -1.26. The highest BCUT2D eigenvalue weighted by atomic mass is 19.4. The summed E-state index contributed by atoms with van der Waals surface area (Å²) in [6.45, 7) is 3.64. The van der Waals surface area contributed by atoms with Crippen LogP contribution < -0.4 is 0 Å². The lowest BCUT2D eigenvalue weighted by Crippen LogP contribution is -2.43. The lowest BCUT2D eigenvalue weighted by Gasteiger charge is -2.31. The Bertz CT molecular complexity index is 371. The molecule has 0 saturated carbocycles. The summed E-state index contributed by atoms with van der Waals surface area (Å²) in [4.78, 5) is 4.15. The molecule has 0 radical (unpaired) electrons. The van der Waals surface area contributed by atoms with E-state index < -0.39 is 12.1 Å². The molecule has 5 nitrogen and oxygen atoms in total. The number of halogens is 3. The minimum Gasteiger partial charge on any atom is -0.416 e. The Balaban J connectivity index is 1.93. The highest BCUT2D eigenvalue weighted by Crippen LogP contribution is 2.27. The summed E-state index contributed by atoms with van der Waals surface area (Å²) in [7, 11) is 2.01. The highest BCUT2D eigenvalue weighted by molar-refractivity contribution is 4.87. The number of likely N-dealkylation sites (N-methyl/N-ethyl adjacent to an activating group) is 1.